The van der Waals surface area contributed by atoms with Gasteiger partial charge in [0.2, 0.25) is 0 Å². The van der Waals surface area contributed by atoms with Gasteiger partial charge in [-0.25, -0.2) is 0 Å². The first-order valence-electron chi connectivity index (χ1n) is 10.9. The molecule has 0 aliphatic carbocycles. The van der Waals surface area contributed by atoms with E-state index >= 15 is 0 Å². The Morgan fingerprint density at radius 2 is 1.60 bits per heavy atom. The second kappa shape index (κ2) is 10.2. The summed E-state index contributed by atoms with van der Waals surface area (Å²) in [5.41, 5.74) is 2.43. The molecule has 4 nitrogen and oxygen atoms in total. The lowest BCUT2D eigenvalue weighted by Gasteiger charge is -2.14. The first kappa shape index (κ1) is 23.5. The highest BCUT2D eigenvalue weighted by atomic mass is 35.5. The van der Waals surface area contributed by atoms with Crippen LogP contribution in [0, 0.1) is 0 Å². The van der Waals surface area contributed by atoms with Gasteiger partial charge in [-0.1, -0.05) is 83.9 Å². The molecule has 0 atom stereocenters. The highest BCUT2D eigenvalue weighted by Gasteiger charge is 2.35. The number of ether oxygens (including phenoxy) is 1. The Labute approximate surface area is 217 Å². The van der Waals surface area contributed by atoms with Crippen molar-refractivity contribution in [2.24, 2.45) is 0 Å². The van der Waals surface area contributed by atoms with Crippen LogP contribution in [0.25, 0.3) is 16.8 Å². The summed E-state index contributed by atoms with van der Waals surface area (Å²) >= 11 is 13.2. The van der Waals surface area contributed by atoms with Gasteiger partial charge < -0.3 is 4.74 Å². The van der Waals surface area contributed by atoms with Crippen LogP contribution in [0.2, 0.25) is 10.0 Å². The second-order valence-corrected chi connectivity index (χ2v) is 9.81. The van der Waals surface area contributed by atoms with Gasteiger partial charge >= 0.3 is 0 Å². The van der Waals surface area contributed by atoms with Crippen LogP contribution in [-0.2, 0) is 17.9 Å². The van der Waals surface area contributed by atoms with Gasteiger partial charge in [-0.3, -0.25) is 14.5 Å². The zero-order valence-corrected chi connectivity index (χ0v) is 20.7. The number of imide groups is 1. The summed E-state index contributed by atoms with van der Waals surface area (Å²) in [7, 11) is 0. The molecule has 0 unspecified atom stereocenters. The van der Waals surface area contributed by atoms with Crippen LogP contribution in [-0.4, -0.2) is 16.0 Å². The van der Waals surface area contributed by atoms with Crippen LogP contribution in [0.4, 0.5) is 4.79 Å². The minimum absolute atomic E-state index is 0.185. The molecule has 1 fully saturated rings. The number of amides is 2. The van der Waals surface area contributed by atoms with Gasteiger partial charge in [0.15, 0.2) is 0 Å². The van der Waals surface area contributed by atoms with Crippen LogP contribution in [0.15, 0.2) is 89.8 Å². The van der Waals surface area contributed by atoms with Crippen molar-refractivity contribution in [3.8, 4) is 5.75 Å². The normalized spacial score (nSPS) is 14.8. The van der Waals surface area contributed by atoms with Gasteiger partial charge in [0.1, 0.15) is 12.4 Å². The highest BCUT2D eigenvalue weighted by molar-refractivity contribution is 8.18. The molecule has 0 saturated carbocycles. The summed E-state index contributed by atoms with van der Waals surface area (Å²) in [6.45, 7) is 0.460. The molecule has 0 spiro atoms. The molecule has 4 aromatic rings. The van der Waals surface area contributed by atoms with Crippen molar-refractivity contribution in [2.75, 3.05) is 0 Å². The van der Waals surface area contributed by atoms with E-state index in [0.717, 1.165) is 39.2 Å². The van der Waals surface area contributed by atoms with Gasteiger partial charge in [0.05, 0.1) is 11.4 Å². The number of hydrogen-bond donors (Lipinski definition) is 0. The molecule has 5 rings (SSSR count). The Morgan fingerprint density at radius 3 is 2.40 bits per heavy atom. The first-order chi connectivity index (χ1) is 17.0. The molecule has 0 N–H and O–H groups in total. The smallest absolute Gasteiger partial charge is 0.293 e. The van der Waals surface area contributed by atoms with Crippen LogP contribution in [0.1, 0.15) is 16.7 Å². The number of thioether (sulfide) groups is 1. The van der Waals surface area contributed by atoms with E-state index in [2.05, 4.69) is 0 Å². The van der Waals surface area contributed by atoms with Gasteiger partial charge in [-0.05, 0) is 58.4 Å². The topological polar surface area (TPSA) is 46.6 Å². The minimum Gasteiger partial charge on any atom is -0.488 e. The number of benzene rings is 4. The van der Waals surface area contributed by atoms with Crippen LogP contribution < -0.4 is 4.74 Å². The fourth-order valence-corrected chi connectivity index (χ4v) is 5.00. The fourth-order valence-electron chi connectivity index (χ4n) is 3.86. The first-order valence-corrected chi connectivity index (χ1v) is 12.4. The number of carbonyl (C=O) groups excluding carboxylic acids is 2. The Morgan fingerprint density at radius 1 is 0.857 bits per heavy atom. The Bertz CT molecular complexity index is 1470. The number of nitrogens with zero attached hydrogens (tertiary/aromatic N) is 1. The Hall–Kier alpha value is -3.25. The Balaban J connectivity index is 1.48. The zero-order valence-electron chi connectivity index (χ0n) is 18.4. The summed E-state index contributed by atoms with van der Waals surface area (Å²) in [4.78, 5) is 27.5. The summed E-state index contributed by atoms with van der Waals surface area (Å²) in [5, 5.41) is 2.84. The number of halogens is 2. The summed E-state index contributed by atoms with van der Waals surface area (Å²) in [6, 6.07) is 26.3. The summed E-state index contributed by atoms with van der Waals surface area (Å²) in [6.07, 6.45) is 1.75. The van der Waals surface area contributed by atoms with E-state index < -0.39 is 0 Å². The molecule has 0 bridgehead atoms. The predicted octanol–water partition coefficient (Wildman–Crippen LogP) is 7.96. The third kappa shape index (κ3) is 5.08. The maximum absolute atomic E-state index is 13.2. The van der Waals surface area contributed by atoms with Gasteiger partial charge in [-0.15, -0.1) is 0 Å². The minimum atomic E-state index is -0.333. The number of carbonyl (C=O) groups is 2. The number of hydrogen-bond acceptors (Lipinski definition) is 4. The quantitative estimate of drug-likeness (QED) is 0.242. The van der Waals surface area contributed by atoms with Crippen molar-refractivity contribution in [1.82, 2.24) is 4.90 Å². The monoisotopic (exact) mass is 519 g/mol. The van der Waals surface area contributed by atoms with Gasteiger partial charge in [-0.2, -0.15) is 0 Å². The number of rotatable bonds is 6. The molecule has 2 amide bonds. The van der Waals surface area contributed by atoms with Crippen molar-refractivity contribution in [3.05, 3.63) is 117 Å². The maximum Gasteiger partial charge on any atom is 0.293 e. The second-order valence-electron chi connectivity index (χ2n) is 7.97. The molecule has 1 aliphatic heterocycles. The maximum atomic E-state index is 13.2. The lowest BCUT2D eigenvalue weighted by molar-refractivity contribution is -0.123. The predicted molar refractivity (Wildman–Crippen MR) is 143 cm³/mol. The number of fused-ring (bicyclic) bond motifs is 1. The lowest BCUT2D eigenvalue weighted by atomic mass is 10.0. The standard InChI is InChI=1S/C28H19Cl2NO3S/c29-21-12-9-18(10-13-21)16-31-27(32)26(35-28(31)33)15-23-22-7-3-1-5-19(22)11-14-25(23)34-17-20-6-2-4-8-24(20)30/h1-15H,16-17H2/b26-15-. The third-order valence-corrected chi connectivity index (χ3v) is 7.20. The van der Waals surface area contributed by atoms with Gasteiger partial charge in [0, 0.05) is 21.2 Å². The lowest BCUT2D eigenvalue weighted by Crippen LogP contribution is -2.27. The molecule has 4 aromatic carbocycles. The average Bonchev–Trinajstić information content (AvgIpc) is 3.13. The molecule has 1 saturated heterocycles. The fraction of sp³-hybridized carbons (Fsp3) is 0.0714. The molecule has 0 aromatic heterocycles. The van der Waals surface area contributed by atoms with Crippen LogP contribution >= 0.6 is 35.0 Å². The van der Waals surface area contributed by atoms with Crippen LogP contribution in [0.5, 0.6) is 5.75 Å². The molecule has 35 heavy (non-hydrogen) atoms. The van der Waals surface area contributed by atoms with Crippen molar-refractivity contribution >= 4 is 63.0 Å². The van der Waals surface area contributed by atoms with Crippen molar-refractivity contribution in [3.63, 3.8) is 0 Å². The van der Waals surface area contributed by atoms with E-state index in [1.807, 2.05) is 60.7 Å². The van der Waals surface area contributed by atoms with Crippen molar-refractivity contribution in [1.29, 1.82) is 0 Å². The molecule has 7 heteroatoms. The van der Waals surface area contributed by atoms with E-state index in [-0.39, 0.29) is 24.3 Å². The highest BCUT2D eigenvalue weighted by Crippen LogP contribution is 2.38. The molecule has 174 valence electrons. The van der Waals surface area contributed by atoms with E-state index in [1.165, 1.54) is 4.90 Å². The van der Waals surface area contributed by atoms with Crippen molar-refractivity contribution < 1.29 is 14.3 Å². The summed E-state index contributed by atoms with van der Waals surface area (Å²) in [5.74, 6) is 0.271. The third-order valence-electron chi connectivity index (χ3n) is 5.67. The van der Waals surface area contributed by atoms with E-state index in [1.54, 1.807) is 30.3 Å². The summed E-state index contributed by atoms with van der Waals surface area (Å²) < 4.78 is 6.16. The molecule has 1 heterocycles. The molecular formula is C28H19Cl2NO3S. The van der Waals surface area contributed by atoms with Gasteiger partial charge in [0.25, 0.3) is 11.1 Å². The SMILES string of the molecule is O=C1S/C(=C\c2c(OCc3ccccc3Cl)ccc3ccccc23)C(=O)N1Cc1ccc(Cl)cc1. The van der Waals surface area contributed by atoms with E-state index in [0.29, 0.717) is 20.7 Å². The van der Waals surface area contributed by atoms with Crippen LogP contribution in [0.3, 0.4) is 0 Å². The molecular weight excluding hydrogens is 501 g/mol. The van der Waals surface area contributed by atoms with E-state index in [9.17, 15) is 9.59 Å². The zero-order chi connectivity index (χ0) is 24.4. The Kier molecular flexibility index (Phi) is 6.82. The molecule has 1 aliphatic rings. The average molecular weight is 520 g/mol. The largest absolute Gasteiger partial charge is 0.488 e. The van der Waals surface area contributed by atoms with Crippen molar-refractivity contribution in [2.45, 2.75) is 13.2 Å². The molecule has 0 radical (unpaired) electrons. The van der Waals surface area contributed by atoms with E-state index in [4.69, 9.17) is 27.9 Å².